The van der Waals surface area contributed by atoms with Gasteiger partial charge in [0.2, 0.25) is 0 Å². The lowest BCUT2D eigenvalue weighted by Gasteiger charge is -2.19. The summed E-state index contributed by atoms with van der Waals surface area (Å²) in [4.78, 5) is 2.13. The molecule has 16 heavy (non-hydrogen) atoms. The number of hydrogen-bond donors (Lipinski definition) is 1. The van der Waals surface area contributed by atoms with Gasteiger partial charge in [0.1, 0.15) is 5.75 Å². The Morgan fingerprint density at radius 3 is 2.38 bits per heavy atom. The third-order valence-corrected chi connectivity index (χ3v) is 2.14. The van der Waals surface area contributed by atoms with E-state index in [-0.39, 0.29) is 0 Å². The molecular weight excluding hydrogens is 202 g/mol. The van der Waals surface area contributed by atoms with Gasteiger partial charge in [-0.15, -0.1) is 0 Å². The highest BCUT2D eigenvalue weighted by molar-refractivity contribution is 5.53. The Labute approximate surface area is 97.8 Å². The molecule has 0 bridgehead atoms. The van der Waals surface area contributed by atoms with Crippen LogP contribution in [0.4, 0.5) is 5.69 Å². The van der Waals surface area contributed by atoms with Crippen LogP contribution in [-0.2, 0) is 6.54 Å². The lowest BCUT2D eigenvalue weighted by Crippen LogP contribution is -2.21. The first-order valence-electron chi connectivity index (χ1n) is 5.28. The summed E-state index contributed by atoms with van der Waals surface area (Å²) in [6.07, 6.45) is 0. The third kappa shape index (κ3) is 3.72. The molecule has 0 saturated heterocycles. The standard InChI is InChI=1S/C12H21N3O/c1-14(2)9-10-8-11(16-5)6-7-12(10)13-15(3)4/h6-8,13H,9H2,1-5H3. The van der Waals surface area contributed by atoms with Crippen molar-refractivity contribution < 1.29 is 4.74 Å². The van der Waals surface area contributed by atoms with Crippen molar-refractivity contribution in [2.75, 3.05) is 40.7 Å². The zero-order valence-electron chi connectivity index (χ0n) is 10.7. The number of benzene rings is 1. The highest BCUT2D eigenvalue weighted by Gasteiger charge is 2.06. The molecule has 1 N–H and O–H groups in total. The maximum absolute atomic E-state index is 5.24. The van der Waals surface area contributed by atoms with Crippen molar-refractivity contribution in [3.05, 3.63) is 23.8 Å². The van der Waals surface area contributed by atoms with E-state index in [2.05, 4.69) is 30.5 Å². The van der Waals surface area contributed by atoms with Crippen LogP contribution < -0.4 is 10.2 Å². The summed E-state index contributed by atoms with van der Waals surface area (Å²) in [5.41, 5.74) is 5.61. The molecule has 0 spiro atoms. The topological polar surface area (TPSA) is 27.7 Å². The van der Waals surface area contributed by atoms with E-state index in [1.165, 1.54) is 5.56 Å². The van der Waals surface area contributed by atoms with Crippen LogP contribution in [0.2, 0.25) is 0 Å². The van der Waals surface area contributed by atoms with Gasteiger partial charge in [-0.25, -0.2) is 5.01 Å². The van der Waals surface area contributed by atoms with E-state index in [9.17, 15) is 0 Å². The SMILES string of the molecule is COc1ccc(NN(C)C)c(CN(C)C)c1. The van der Waals surface area contributed by atoms with Gasteiger partial charge in [0.15, 0.2) is 0 Å². The molecule has 0 unspecified atom stereocenters. The summed E-state index contributed by atoms with van der Waals surface area (Å²) >= 11 is 0. The minimum absolute atomic E-state index is 0.882. The second kappa shape index (κ2) is 5.72. The molecule has 0 aliphatic heterocycles. The molecule has 90 valence electrons. The lowest BCUT2D eigenvalue weighted by molar-refractivity contribution is 0.394. The Hall–Kier alpha value is -1.26. The van der Waals surface area contributed by atoms with E-state index in [0.717, 1.165) is 18.0 Å². The molecule has 0 saturated carbocycles. The van der Waals surface area contributed by atoms with E-state index in [4.69, 9.17) is 4.74 Å². The Morgan fingerprint density at radius 1 is 1.19 bits per heavy atom. The number of rotatable bonds is 5. The van der Waals surface area contributed by atoms with Gasteiger partial charge in [-0.1, -0.05) is 0 Å². The van der Waals surface area contributed by atoms with Crippen LogP contribution in [-0.4, -0.2) is 45.2 Å². The summed E-state index contributed by atoms with van der Waals surface area (Å²) in [6, 6.07) is 6.06. The molecule has 0 aliphatic rings. The zero-order valence-corrected chi connectivity index (χ0v) is 10.7. The molecule has 1 aromatic rings. The number of nitrogens with one attached hydrogen (secondary N) is 1. The van der Waals surface area contributed by atoms with Crippen LogP contribution in [0.3, 0.4) is 0 Å². The molecule has 1 aromatic carbocycles. The average Bonchev–Trinajstić information content (AvgIpc) is 2.19. The largest absolute Gasteiger partial charge is 0.497 e. The Morgan fingerprint density at radius 2 is 1.88 bits per heavy atom. The van der Waals surface area contributed by atoms with Gasteiger partial charge in [0.25, 0.3) is 0 Å². The Kier molecular flexibility index (Phi) is 4.58. The number of hydrogen-bond acceptors (Lipinski definition) is 4. The predicted molar refractivity (Wildman–Crippen MR) is 67.7 cm³/mol. The molecular formula is C12H21N3O. The Bertz CT molecular complexity index is 337. The molecule has 0 heterocycles. The van der Waals surface area contributed by atoms with Gasteiger partial charge < -0.3 is 15.1 Å². The van der Waals surface area contributed by atoms with Crippen molar-refractivity contribution in [1.29, 1.82) is 0 Å². The van der Waals surface area contributed by atoms with Crippen LogP contribution in [0.1, 0.15) is 5.56 Å². The second-order valence-electron chi connectivity index (χ2n) is 4.27. The van der Waals surface area contributed by atoms with Gasteiger partial charge in [0.05, 0.1) is 12.8 Å². The molecule has 0 fully saturated rings. The smallest absolute Gasteiger partial charge is 0.119 e. The van der Waals surface area contributed by atoms with Crippen LogP contribution >= 0.6 is 0 Å². The number of methoxy groups -OCH3 is 1. The summed E-state index contributed by atoms with van der Waals surface area (Å²) in [7, 11) is 9.75. The summed E-state index contributed by atoms with van der Waals surface area (Å²) in [6.45, 7) is 0.882. The molecule has 0 atom stereocenters. The second-order valence-corrected chi connectivity index (χ2v) is 4.27. The fourth-order valence-electron chi connectivity index (χ4n) is 1.52. The first-order valence-corrected chi connectivity index (χ1v) is 5.28. The van der Waals surface area contributed by atoms with Crippen LogP contribution in [0, 0.1) is 0 Å². The number of anilines is 1. The Balaban J connectivity index is 2.96. The van der Waals surface area contributed by atoms with Gasteiger partial charge >= 0.3 is 0 Å². The van der Waals surface area contributed by atoms with E-state index < -0.39 is 0 Å². The summed E-state index contributed by atoms with van der Waals surface area (Å²) in [5.74, 6) is 0.890. The molecule has 0 aromatic heterocycles. The van der Waals surface area contributed by atoms with Gasteiger partial charge in [0, 0.05) is 20.6 Å². The highest BCUT2D eigenvalue weighted by Crippen LogP contribution is 2.23. The van der Waals surface area contributed by atoms with E-state index in [1.807, 2.05) is 31.2 Å². The highest BCUT2D eigenvalue weighted by atomic mass is 16.5. The molecule has 4 heteroatoms. The van der Waals surface area contributed by atoms with Crippen LogP contribution in [0.15, 0.2) is 18.2 Å². The minimum atomic E-state index is 0.882. The van der Waals surface area contributed by atoms with Gasteiger partial charge in [-0.2, -0.15) is 0 Å². The number of ether oxygens (including phenoxy) is 1. The number of hydrazine groups is 1. The first-order chi connectivity index (χ1) is 7.52. The maximum atomic E-state index is 5.24. The number of nitrogens with zero attached hydrogens (tertiary/aromatic N) is 2. The van der Waals surface area contributed by atoms with Gasteiger partial charge in [-0.05, 0) is 37.9 Å². The van der Waals surface area contributed by atoms with Crippen molar-refractivity contribution in [3.8, 4) is 5.75 Å². The van der Waals surface area contributed by atoms with E-state index in [0.29, 0.717) is 0 Å². The van der Waals surface area contributed by atoms with Crippen LogP contribution in [0.25, 0.3) is 0 Å². The van der Waals surface area contributed by atoms with Crippen molar-refractivity contribution in [1.82, 2.24) is 9.91 Å². The zero-order chi connectivity index (χ0) is 12.1. The third-order valence-electron chi connectivity index (χ3n) is 2.14. The normalized spacial score (nSPS) is 10.9. The van der Waals surface area contributed by atoms with Crippen molar-refractivity contribution >= 4 is 5.69 Å². The van der Waals surface area contributed by atoms with E-state index in [1.54, 1.807) is 7.11 Å². The predicted octanol–water partition coefficient (Wildman–Crippen LogP) is 1.65. The quantitative estimate of drug-likeness (QED) is 0.768. The molecule has 1 rings (SSSR count). The first kappa shape index (κ1) is 12.8. The van der Waals surface area contributed by atoms with Crippen molar-refractivity contribution in [3.63, 3.8) is 0 Å². The fraction of sp³-hybridized carbons (Fsp3) is 0.500. The molecule has 4 nitrogen and oxygen atoms in total. The summed E-state index contributed by atoms with van der Waals surface area (Å²) < 4.78 is 5.24. The maximum Gasteiger partial charge on any atom is 0.119 e. The fourth-order valence-corrected chi connectivity index (χ4v) is 1.52. The van der Waals surface area contributed by atoms with Crippen LogP contribution in [0.5, 0.6) is 5.75 Å². The summed E-state index contributed by atoms with van der Waals surface area (Å²) in [5, 5.41) is 1.93. The molecule has 0 radical (unpaired) electrons. The monoisotopic (exact) mass is 223 g/mol. The van der Waals surface area contributed by atoms with Gasteiger partial charge in [-0.3, -0.25) is 0 Å². The minimum Gasteiger partial charge on any atom is -0.497 e. The molecule has 0 aliphatic carbocycles. The average molecular weight is 223 g/mol. The van der Waals surface area contributed by atoms with Crippen molar-refractivity contribution in [2.24, 2.45) is 0 Å². The molecule has 0 amide bonds. The van der Waals surface area contributed by atoms with E-state index >= 15 is 0 Å². The van der Waals surface area contributed by atoms with Crippen molar-refractivity contribution in [2.45, 2.75) is 6.54 Å². The lowest BCUT2D eigenvalue weighted by atomic mass is 10.1.